The first-order valence-electron chi connectivity index (χ1n) is 42.8. The Morgan fingerprint density at radius 2 is 0.756 bits per heavy atom. The lowest BCUT2D eigenvalue weighted by atomic mass is 9.67. The third kappa shape index (κ3) is 16.5. The van der Waals surface area contributed by atoms with E-state index >= 15 is 17.6 Å². The highest BCUT2D eigenvalue weighted by atomic mass is 32.1. The summed E-state index contributed by atoms with van der Waals surface area (Å²) in [6.07, 6.45) is 27.6. The summed E-state index contributed by atoms with van der Waals surface area (Å²) in [5.41, 5.74) is 10.9. The van der Waals surface area contributed by atoms with Crippen LogP contribution in [0.2, 0.25) is 0 Å². The van der Waals surface area contributed by atoms with Crippen molar-refractivity contribution in [3.63, 3.8) is 0 Å². The molecule has 0 saturated carbocycles. The van der Waals surface area contributed by atoms with Crippen molar-refractivity contribution in [1.29, 1.82) is 21.0 Å². The predicted octanol–water partition coefficient (Wildman–Crippen LogP) is 29.2. The van der Waals surface area contributed by atoms with Crippen molar-refractivity contribution < 1.29 is 36.6 Å². The lowest BCUT2D eigenvalue weighted by Gasteiger charge is -2.34. The third-order valence-electron chi connectivity index (χ3n) is 24.9. The molecule has 8 nitrogen and oxygen atoms in total. The van der Waals surface area contributed by atoms with Crippen molar-refractivity contribution in [2.45, 2.75) is 214 Å². The van der Waals surface area contributed by atoms with Crippen molar-refractivity contribution in [3.8, 4) is 76.2 Å². The molecule has 0 spiro atoms. The number of rotatable bonds is 36. The van der Waals surface area contributed by atoms with Gasteiger partial charge in [-0.2, -0.15) is 21.0 Å². The molecule has 16 heteroatoms. The van der Waals surface area contributed by atoms with Gasteiger partial charge in [0.05, 0.1) is 28.4 Å². The fourth-order valence-electron chi connectivity index (χ4n) is 18.0. The number of fused-ring (bicyclic) bond motifs is 8. The number of carbonyl (C=O) groups is 2. The fraction of sp³-hybridized carbons (Fsp3) is 0.359. The van der Waals surface area contributed by atoms with Gasteiger partial charge in [-0.25, -0.2) is 17.6 Å². The Morgan fingerprint density at radius 1 is 0.395 bits per heavy atom. The summed E-state index contributed by atoms with van der Waals surface area (Å²) in [6, 6.07) is 52.7. The number of halogens is 4. The molecular formula is C103H100F4N4O4S4. The van der Waals surface area contributed by atoms with Crippen molar-refractivity contribution >= 4 is 80.2 Å². The summed E-state index contributed by atoms with van der Waals surface area (Å²) in [4.78, 5) is 36.1. The van der Waals surface area contributed by atoms with Crippen LogP contribution in [0.15, 0.2) is 156 Å². The van der Waals surface area contributed by atoms with Crippen molar-refractivity contribution in [1.82, 2.24) is 0 Å². The third-order valence-corrected chi connectivity index (χ3v) is 29.7. The fourth-order valence-corrected chi connectivity index (χ4v) is 22.9. The summed E-state index contributed by atoms with van der Waals surface area (Å²) >= 11 is 6.27. The summed E-state index contributed by atoms with van der Waals surface area (Å²) in [7, 11) is 0. The molecule has 0 bridgehead atoms. The second-order valence-corrected chi connectivity index (χ2v) is 36.8. The Bertz CT molecular complexity index is 5750. The van der Waals surface area contributed by atoms with Gasteiger partial charge in [0.25, 0.3) is 0 Å². The Hall–Kier alpha value is -10.3. The summed E-state index contributed by atoms with van der Waals surface area (Å²) < 4.78 is 74.9. The van der Waals surface area contributed by atoms with Crippen LogP contribution in [0.1, 0.15) is 281 Å². The van der Waals surface area contributed by atoms with Gasteiger partial charge < -0.3 is 9.47 Å². The molecule has 119 heavy (non-hydrogen) atoms. The molecule has 10 aromatic rings. The average Bonchev–Trinajstić information content (AvgIpc) is 1.51. The van der Waals surface area contributed by atoms with Crippen LogP contribution < -0.4 is 9.47 Å². The van der Waals surface area contributed by atoms with Gasteiger partial charge in [0.1, 0.15) is 46.9 Å². The number of ether oxygens (including phenoxy) is 2. The molecule has 14 rings (SSSR count). The molecule has 4 aromatic heterocycles. The Kier molecular flexibility index (Phi) is 26.9. The number of hydrogen-bond acceptors (Lipinski definition) is 12. The number of nitriles is 4. The van der Waals surface area contributed by atoms with E-state index in [1.807, 2.05) is 36.4 Å². The van der Waals surface area contributed by atoms with Crippen LogP contribution in [-0.4, -0.2) is 24.8 Å². The molecule has 4 heterocycles. The highest BCUT2D eigenvalue weighted by Gasteiger charge is 2.52. The summed E-state index contributed by atoms with van der Waals surface area (Å²) in [5.74, 6) is -4.39. The second-order valence-electron chi connectivity index (χ2n) is 32.5. The summed E-state index contributed by atoms with van der Waals surface area (Å²) in [6.45, 7) is 18.7. The Balaban J connectivity index is 1.02. The minimum absolute atomic E-state index is 0.0144. The first-order chi connectivity index (χ1) is 57.8. The molecule has 4 aliphatic rings. The quantitative estimate of drug-likeness (QED) is 0.0163. The van der Waals surface area contributed by atoms with Gasteiger partial charge in [-0.3, -0.25) is 9.59 Å². The van der Waals surface area contributed by atoms with Gasteiger partial charge in [-0.05, 0) is 221 Å². The zero-order chi connectivity index (χ0) is 83.8. The van der Waals surface area contributed by atoms with E-state index in [0.29, 0.717) is 34.5 Å². The molecule has 0 aliphatic heterocycles. The van der Waals surface area contributed by atoms with Crippen LogP contribution in [0.25, 0.3) is 63.7 Å². The van der Waals surface area contributed by atoms with Crippen LogP contribution in [0.5, 0.6) is 11.5 Å². The minimum Gasteiger partial charge on any atom is -0.492 e. The van der Waals surface area contributed by atoms with Crippen molar-refractivity contribution in [2.24, 2.45) is 11.8 Å². The van der Waals surface area contributed by atoms with Gasteiger partial charge in [-0.1, -0.05) is 218 Å². The normalized spacial score (nSPS) is 15.8. The zero-order valence-electron chi connectivity index (χ0n) is 69.3. The van der Waals surface area contributed by atoms with Crippen molar-refractivity contribution in [3.05, 3.63) is 267 Å². The number of Topliss-reactive ketones (excluding diaryl/α,β-unsaturated/α-hetero) is 2. The molecule has 0 radical (unpaired) electrons. The molecule has 0 N–H and O–H groups in total. The lowest BCUT2D eigenvalue weighted by molar-refractivity contribution is 0.103. The van der Waals surface area contributed by atoms with Gasteiger partial charge in [-0.15, -0.1) is 45.3 Å². The standard InChI is InChI=1S/C103H100F4N4O4S4/c1-9-16-21-24-29-64-32-38-69(39-33-64)102(8)82-48-79-83(49-78(82)98-84(102)54-92(118-98)100-90(114-60-62(14-6)27-19-12-4)46-72(116-100)44-80-94(67(56-108)57-109)74-50-86(104)88(106)52-76(74)96(80)112)103(70-40-34-65(35-41-70)30-25-22-17-10-2,71-42-36-66(37-43-71)31-26-23-18-11-3)85-55-93(119-99(79)85)101-91(115-61-63(15-7)28-20-13-5)47-73(117-101)45-81-95(68(58-110)59-111)75-51-87(105)89(107)53-77(75)97(81)113/h32-55,62-63H,9-31,60-61H2,1-8H3. The van der Waals surface area contributed by atoms with Gasteiger partial charge in [0.15, 0.2) is 34.8 Å². The maximum atomic E-state index is 15.3. The number of unbranched alkanes of at least 4 members (excludes halogenated alkanes) is 11. The van der Waals surface area contributed by atoms with E-state index in [4.69, 9.17) is 9.47 Å². The first kappa shape index (κ1) is 85.1. The number of hydrogen-bond donors (Lipinski definition) is 0. The van der Waals surface area contributed by atoms with Gasteiger partial charge in [0.2, 0.25) is 0 Å². The first-order valence-corrected chi connectivity index (χ1v) is 46.0. The maximum Gasteiger partial charge on any atom is 0.194 e. The average molecular weight is 1660 g/mol. The van der Waals surface area contributed by atoms with Crippen LogP contribution in [0.3, 0.4) is 0 Å². The lowest BCUT2D eigenvalue weighted by Crippen LogP contribution is -2.29. The minimum atomic E-state index is -1.21. The number of carbonyl (C=O) groups excluding carboxylic acids is 2. The smallest absolute Gasteiger partial charge is 0.194 e. The zero-order valence-corrected chi connectivity index (χ0v) is 72.5. The predicted molar refractivity (Wildman–Crippen MR) is 478 cm³/mol. The molecule has 0 saturated heterocycles. The van der Waals surface area contributed by atoms with Gasteiger partial charge in [0, 0.05) is 68.1 Å². The molecule has 3 unspecified atom stereocenters. The van der Waals surface area contributed by atoms with E-state index in [0.717, 1.165) is 232 Å². The van der Waals surface area contributed by atoms with Crippen LogP contribution in [-0.2, 0) is 30.1 Å². The maximum absolute atomic E-state index is 15.3. The number of ketones is 2. The SMILES string of the molecule is CCCCCCc1ccc(C2(C)c3cc4c(cc3-c3sc(-c5sc(C=C6C(=O)c7cc(F)c(F)cc7C6=C(C#N)C#N)cc5OCC(CC)CCCC)cc32)C(c2ccc(CCCCCC)cc2)(c2ccc(CCCCCC)cc2)c2cc(-c3sc(C=C5C(=O)c6cc(F)c(F)cc6C5=C(C#N)C#N)cc3OCC(CC)CCCC)sc2-4)cc1. The number of aryl methyl sites for hydroxylation is 3. The van der Waals surface area contributed by atoms with E-state index in [1.165, 1.54) is 58.6 Å². The number of allylic oxidation sites excluding steroid dienone is 6. The molecule has 0 fully saturated rings. The van der Waals surface area contributed by atoms with E-state index in [9.17, 15) is 30.6 Å². The van der Waals surface area contributed by atoms with E-state index in [2.05, 4.69) is 152 Å². The van der Waals surface area contributed by atoms with Crippen molar-refractivity contribution in [2.75, 3.05) is 13.2 Å². The van der Waals surface area contributed by atoms with E-state index in [1.54, 1.807) is 34.8 Å². The van der Waals surface area contributed by atoms with Crippen LogP contribution >= 0.6 is 45.3 Å². The van der Waals surface area contributed by atoms with E-state index < -0.39 is 56.8 Å². The Morgan fingerprint density at radius 3 is 1.14 bits per heavy atom. The Labute approximate surface area is 714 Å². The molecule has 608 valence electrons. The van der Waals surface area contributed by atoms with Gasteiger partial charge >= 0.3 is 0 Å². The van der Waals surface area contributed by atoms with Crippen LogP contribution in [0, 0.1) is 80.4 Å². The monoisotopic (exact) mass is 1660 g/mol. The molecule has 6 aromatic carbocycles. The summed E-state index contributed by atoms with van der Waals surface area (Å²) in [5, 5.41) is 41.6. The number of nitrogens with zero attached hydrogens (tertiary/aromatic N) is 4. The van der Waals surface area contributed by atoms with E-state index in [-0.39, 0.29) is 56.4 Å². The highest BCUT2D eigenvalue weighted by Crippen LogP contribution is 2.66. The highest BCUT2D eigenvalue weighted by molar-refractivity contribution is 7.25. The molecule has 4 aliphatic carbocycles. The van der Waals surface area contributed by atoms with Crippen LogP contribution in [0.4, 0.5) is 17.6 Å². The largest absolute Gasteiger partial charge is 0.492 e. The second kappa shape index (κ2) is 37.6. The molecular weight excluding hydrogens is 1560 g/mol. The number of benzene rings is 6. The topological polar surface area (TPSA) is 148 Å². The number of thiophene rings is 4. The molecule has 0 amide bonds. The molecule has 3 atom stereocenters.